The van der Waals surface area contributed by atoms with E-state index in [1.807, 2.05) is 36.4 Å². The minimum absolute atomic E-state index is 0.314. The van der Waals surface area contributed by atoms with Gasteiger partial charge in [-0.15, -0.1) is 0 Å². The third kappa shape index (κ3) is 3.06. The van der Waals surface area contributed by atoms with Crippen molar-refractivity contribution in [2.45, 2.75) is 13.3 Å². The lowest BCUT2D eigenvalue weighted by Gasteiger charge is -2.08. The van der Waals surface area contributed by atoms with Crippen molar-refractivity contribution in [1.82, 2.24) is 4.98 Å². The fourth-order valence-electron chi connectivity index (χ4n) is 2.51. The standard InChI is InChI=1S/C19H16F2N2/c1-12-4-7-15(18(21)17(12)20)11-13-5-8-14(9-6-13)16-3-2-10-23-19(16)22/h2-10H,11H2,1H3,(H2,22,23). The maximum atomic E-state index is 13.9. The molecular weight excluding hydrogens is 294 g/mol. The van der Waals surface area contributed by atoms with Crippen LogP contribution < -0.4 is 5.73 Å². The van der Waals surface area contributed by atoms with Crippen molar-refractivity contribution >= 4 is 5.82 Å². The molecule has 2 aromatic carbocycles. The van der Waals surface area contributed by atoms with Crippen LogP contribution in [0.25, 0.3) is 11.1 Å². The first-order valence-electron chi connectivity index (χ1n) is 7.29. The quantitative estimate of drug-likeness (QED) is 0.773. The number of nitrogen functional groups attached to an aromatic ring is 1. The average molecular weight is 310 g/mol. The van der Waals surface area contributed by atoms with Crippen LogP contribution in [-0.4, -0.2) is 4.98 Å². The van der Waals surface area contributed by atoms with Crippen LogP contribution in [0, 0.1) is 18.6 Å². The zero-order valence-electron chi connectivity index (χ0n) is 12.7. The predicted molar refractivity (Wildman–Crippen MR) is 88.0 cm³/mol. The number of anilines is 1. The highest BCUT2D eigenvalue weighted by Crippen LogP contribution is 2.25. The lowest BCUT2D eigenvalue weighted by Crippen LogP contribution is -1.98. The van der Waals surface area contributed by atoms with E-state index in [2.05, 4.69) is 4.98 Å². The Labute approximate surface area is 133 Å². The molecule has 0 spiro atoms. The van der Waals surface area contributed by atoms with Gasteiger partial charge in [-0.1, -0.05) is 36.4 Å². The highest BCUT2D eigenvalue weighted by atomic mass is 19.2. The number of nitrogens with two attached hydrogens (primary N) is 1. The molecular formula is C19H16F2N2. The molecule has 0 saturated heterocycles. The summed E-state index contributed by atoms with van der Waals surface area (Å²) in [5.74, 6) is -1.08. The summed E-state index contributed by atoms with van der Waals surface area (Å²) in [5, 5.41) is 0. The molecule has 0 aliphatic rings. The molecule has 0 atom stereocenters. The van der Waals surface area contributed by atoms with E-state index in [1.54, 1.807) is 25.3 Å². The average Bonchev–Trinajstić information content (AvgIpc) is 2.57. The number of rotatable bonds is 3. The second-order valence-corrected chi connectivity index (χ2v) is 5.48. The first-order valence-corrected chi connectivity index (χ1v) is 7.29. The first kappa shape index (κ1) is 15.2. The van der Waals surface area contributed by atoms with Crippen LogP contribution in [0.5, 0.6) is 0 Å². The van der Waals surface area contributed by atoms with Gasteiger partial charge >= 0.3 is 0 Å². The second kappa shape index (κ2) is 6.16. The van der Waals surface area contributed by atoms with E-state index < -0.39 is 11.6 Å². The molecule has 1 aromatic heterocycles. The highest BCUT2D eigenvalue weighted by Gasteiger charge is 2.11. The van der Waals surface area contributed by atoms with Crippen molar-refractivity contribution in [3.8, 4) is 11.1 Å². The summed E-state index contributed by atoms with van der Waals surface area (Å²) in [6.07, 6.45) is 1.98. The summed E-state index contributed by atoms with van der Waals surface area (Å²) in [4.78, 5) is 4.06. The van der Waals surface area contributed by atoms with Gasteiger partial charge in [0.1, 0.15) is 5.82 Å². The van der Waals surface area contributed by atoms with Gasteiger partial charge in [0.05, 0.1) is 0 Å². The molecule has 2 N–H and O–H groups in total. The van der Waals surface area contributed by atoms with Crippen molar-refractivity contribution in [2.75, 3.05) is 5.73 Å². The zero-order chi connectivity index (χ0) is 16.4. The molecule has 0 radical (unpaired) electrons. The normalized spacial score (nSPS) is 10.7. The van der Waals surface area contributed by atoms with Gasteiger partial charge in [0, 0.05) is 18.2 Å². The molecule has 116 valence electrons. The van der Waals surface area contributed by atoms with Gasteiger partial charge in [-0.3, -0.25) is 0 Å². The first-order chi connectivity index (χ1) is 11.1. The minimum Gasteiger partial charge on any atom is -0.383 e. The van der Waals surface area contributed by atoms with Crippen LogP contribution in [0.1, 0.15) is 16.7 Å². The van der Waals surface area contributed by atoms with Gasteiger partial charge in [0.15, 0.2) is 11.6 Å². The molecule has 23 heavy (non-hydrogen) atoms. The van der Waals surface area contributed by atoms with Gasteiger partial charge in [-0.25, -0.2) is 13.8 Å². The Morgan fingerprint density at radius 1 is 0.957 bits per heavy atom. The summed E-state index contributed by atoms with van der Waals surface area (Å²) in [6, 6.07) is 14.5. The summed E-state index contributed by atoms with van der Waals surface area (Å²) in [5.41, 5.74) is 9.22. The molecule has 4 heteroatoms. The van der Waals surface area contributed by atoms with Gasteiger partial charge in [0.2, 0.25) is 0 Å². The topological polar surface area (TPSA) is 38.9 Å². The fourth-order valence-corrected chi connectivity index (χ4v) is 2.51. The van der Waals surface area contributed by atoms with Crippen LogP contribution in [-0.2, 0) is 6.42 Å². The van der Waals surface area contributed by atoms with E-state index in [1.165, 1.54) is 0 Å². The summed E-state index contributed by atoms with van der Waals surface area (Å²) >= 11 is 0. The largest absolute Gasteiger partial charge is 0.383 e. The number of hydrogen-bond acceptors (Lipinski definition) is 2. The van der Waals surface area contributed by atoms with E-state index in [0.717, 1.165) is 16.7 Å². The molecule has 3 aromatic rings. The molecule has 0 unspecified atom stereocenters. The summed E-state index contributed by atoms with van der Waals surface area (Å²) < 4.78 is 27.6. The van der Waals surface area contributed by atoms with Crippen LogP contribution in [0.3, 0.4) is 0 Å². The minimum atomic E-state index is -0.776. The monoisotopic (exact) mass is 310 g/mol. The van der Waals surface area contributed by atoms with E-state index in [4.69, 9.17) is 5.73 Å². The van der Waals surface area contributed by atoms with Crippen molar-refractivity contribution < 1.29 is 8.78 Å². The van der Waals surface area contributed by atoms with Crippen molar-refractivity contribution in [2.24, 2.45) is 0 Å². The molecule has 0 saturated carbocycles. The number of benzene rings is 2. The maximum absolute atomic E-state index is 13.9. The van der Waals surface area contributed by atoms with Gasteiger partial charge < -0.3 is 5.73 Å². The van der Waals surface area contributed by atoms with Crippen molar-refractivity contribution in [1.29, 1.82) is 0 Å². The van der Waals surface area contributed by atoms with Crippen molar-refractivity contribution in [3.63, 3.8) is 0 Å². The second-order valence-electron chi connectivity index (χ2n) is 5.48. The van der Waals surface area contributed by atoms with Crippen molar-refractivity contribution in [3.05, 3.63) is 83.1 Å². The molecule has 3 rings (SSSR count). The number of halogens is 2. The van der Waals surface area contributed by atoms with E-state index in [-0.39, 0.29) is 0 Å². The van der Waals surface area contributed by atoms with Gasteiger partial charge in [0.25, 0.3) is 0 Å². The Morgan fingerprint density at radius 2 is 1.70 bits per heavy atom. The molecule has 0 bridgehead atoms. The molecule has 0 aliphatic heterocycles. The maximum Gasteiger partial charge on any atom is 0.162 e. The Kier molecular flexibility index (Phi) is 4.06. The molecule has 2 nitrogen and oxygen atoms in total. The van der Waals surface area contributed by atoms with Gasteiger partial charge in [-0.05, 0) is 41.3 Å². The van der Waals surface area contributed by atoms with Crippen LogP contribution in [0.2, 0.25) is 0 Å². The molecule has 1 heterocycles. The van der Waals surface area contributed by atoms with E-state index >= 15 is 0 Å². The number of hydrogen-bond donors (Lipinski definition) is 1. The third-order valence-corrected chi connectivity index (χ3v) is 3.85. The smallest absolute Gasteiger partial charge is 0.162 e. The number of aryl methyl sites for hydroxylation is 1. The van der Waals surface area contributed by atoms with Crippen LogP contribution >= 0.6 is 0 Å². The van der Waals surface area contributed by atoms with Crippen LogP contribution in [0.15, 0.2) is 54.7 Å². The Hall–Kier alpha value is -2.75. The van der Waals surface area contributed by atoms with Crippen LogP contribution in [0.4, 0.5) is 14.6 Å². The Morgan fingerprint density at radius 3 is 2.39 bits per heavy atom. The Bertz CT molecular complexity index is 842. The molecule has 0 amide bonds. The predicted octanol–water partition coefficient (Wildman–Crippen LogP) is 4.51. The zero-order valence-corrected chi connectivity index (χ0v) is 12.7. The molecule has 0 aliphatic carbocycles. The fraction of sp³-hybridized carbons (Fsp3) is 0.105. The highest BCUT2D eigenvalue weighted by molar-refractivity contribution is 5.73. The summed E-state index contributed by atoms with van der Waals surface area (Å²) in [6.45, 7) is 1.55. The SMILES string of the molecule is Cc1ccc(Cc2ccc(-c3cccnc3N)cc2)c(F)c1F. The number of nitrogens with zero attached hydrogens (tertiary/aromatic N) is 1. The third-order valence-electron chi connectivity index (χ3n) is 3.85. The van der Waals surface area contributed by atoms with Gasteiger partial charge in [-0.2, -0.15) is 0 Å². The number of pyridine rings is 1. The Balaban J connectivity index is 1.86. The number of aromatic nitrogens is 1. The van der Waals surface area contributed by atoms with E-state index in [0.29, 0.717) is 23.4 Å². The lowest BCUT2D eigenvalue weighted by atomic mass is 9.99. The lowest BCUT2D eigenvalue weighted by molar-refractivity contribution is 0.495. The van der Waals surface area contributed by atoms with E-state index in [9.17, 15) is 8.78 Å². The summed E-state index contributed by atoms with van der Waals surface area (Å²) in [7, 11) is 0. The molecule has 0 fully saturated rings.